The highest BCUT2D eigenvalue weighted by molar-refractivity contribution is 7.13. The minimum atomic E-state index is -0.259. The van der Waals surface area contributed by atoms with Crippen LogP contribution < -0.4 is 22.3 Å². The van der Waals surface area contributed by atoms with Crippen LogP contribution in [-0.4, -0.2) is 4.98 Å². The second kappa shape index (κ2) is 8.54. The molecule has 0 atom stereocenters. The summed E-state index contributed by atoms with van der Waals surface area (Å²) in [5, 5.41) is 5.78. The van der Waals surface area contributed by atoms with Gasteiger partial charge in [-0.1, -0.05) is 34.5 Å². The first-order valence-electron chi connectivity index (χ1n) is 7.70. The van der Waals surface area contributed by atoms with Gasteiger partial charge < -0.3 is 21.4 Å². The molecule has 0 aliphatic carbocycles. The third kappa shape index (κ3) is 4.59. The number of hydrogen-bond donors (Lipinski definition) is 1. The van der Waals surface area contributed by atoms with Crippen LogP contribution in [0, 0.1) is 5.82 Å². The smallest absolute Gasteiger partial charge is 0.288 e. The summed E-state index contributed by atoms with van der Waals surface area (Å²) in [5.41, 5.74) is 2.35. The number of halogens is 4. The molecule has 0 radical (unpaired) electrons. The number of rotatable bonds is 4. The summed E-state index contributed by atoms with van der Waals surface area (Å²) in [6.45, 7) is 0. The normalized spacial score (nSPS) is 10.6. The number of quaternary nitrogens is 1. The Kier molecular flexibility index (Phi) is 6.34. The second-order valence-corrected chi connectivity index (χ2v) is 7.29. The summed E-state index contributed by atoms with van der Waals surface area (Å²) < 4.78 is 18.9. The van der Waals surface area contributed by atoms with Crippen LogP contribution in [0.2, 0.25) is 10.0 Å². The van der Waals surface area contributed by atoms with E-state index in [2.05, 4.69) is 4.98 Å². The van der Waals surface area contributed by atoms with Crippen LogP contribution in [0.4, 0.5) is 15.2 Å². The highest BCUT2D eigenvalue weighted by Crippen LogP contribution is 2.34. The molecular weight excluding hydrogens is 474 g/mol. The van der Waals surface area contributed by atoms with Crippen LogP contribution in [0.15, 0.2) is 64.4 Å². The van der Waals surface area contributed by atoms with Crippen molar-refractivity contribution < 1.29 is 31.1 Å². The summed E-state index contributed by atoms with van der Waals surface area (Å²) in [7, 11) is 0. The fraction of sp³-hybridized carbons (Fsp3) is 0. The van der Waals surface area contributed by atoms with E-state index in [9.17, 15) is 4.39 Å². The molecule has 2 N–H and O–H groups in total. The van der Waals surface area contributed by atoms with E-state index < -0.39 is 0 Å². The maximum Gasteiger partial charge on any atom is 0.288 e. The third-order valence-electron chi connectivity index (χ3n) is 3.73. The van der Waals surface area contributed by atoms with Crippen molar-refractivity contribution in [3.05, 3.63) is 75.8 Å². The molecule has 3 nitrogen and oxygen atoms in total. The molecule has 0 amide bonds. The van der Waals surface area contributed by atoms with Crippen molar-refractivity contribution in [3.8, 4) is 22.8 Å². The maximum absolute atomic E-state index is 13.0. The number of furan rings is 1. The summed E-state index contributed by atoms with van der Waals surface area (Å²) in [6, 6.07) is 15.2. The van der Waals surface area contributed by atoms with Crippen LogP contribution in [0.5, 0.6) is 0 Å². The molecule has 0 unspecified atom stereocenters. The highest BCUT2D eigenvalue weighted by Gasteiger charge is 2.14. The lowest BCUT2D eigenvalue weighted by Crippen LogP contribution is -3.00. The van der Waals surface area contributed by atoms with E-state index in [1.807, 2.05) is 22.8 Å². The molecule has 27 heavy (non-hydrogen) atoms. The van der Waals surface area contributed by atoms with Gasteiger partial charge in [-0.15, -0.1) is 0 Å². The first kappa shape index (κ1) is 20.0. The molecule has 0 saturated carbocycles. The Morgan fingerprint density at radius 2 is 1.70 bits per heavy atom. The molecule has 0 aliphatic heterocycles. The van der Waals surface area contributed by atoms with E-state index in [-0.39, 0.29) is 22.8 Å². The van der Waals surface area contributed by atoms with Crippen LogP contribution in [0.1, 0.15) is 0 Å². The Hall–Kier alpha value is -1.70. The van der Waals surface area contributed by atoms with Crippen molar-refractivity contribution in [1.82, 2.24) is 4.98 Å². The van der Waals surface area contributed by atoms with Gasteiger partial charge in [-0.2, -0.15) is 4.98 Å². The number of hydrogen-bond acceptors (Lipinski definition) is 3. The number of aromatic nitrogens is 1. The zero-order valence-electron chi connectivity index (χ0n) is 13.6. The molecule has 0 saturated heterocycles. The lowest BCUT2D eigenvalue weighted by Gasteiger charge is -2.01. The lowest BCUT2D eigenvalue weighted by molar-refractivity contribution is -0.478. The predicted molar refractivity (Wildman–Crippen MR) is 103 cm³/mol. The monoisotopic (exact) mass is 484 g/mol. The van der Waals surface area contributed by atoms with Crippen LogP contribution in [-0.2, 0) is 0 Å². The van der Waals surface area contributed by atoms with E-state index in [0.717, 1.165) is 22.1 Å². The molecule has 2 heterocycles. The van der Waals surface area contributed by atoms with Crippen LogP contribution in [0.3, 0.4) is 0 Å². The molecule has 2 aromatic carbocycles. The molecule has 0 bridgehead atoms. The SMILES string of the molecule is Fc1ccc([NH2+]c2nc(-c3ccc(-c4cc(Cl)ccc4Cl)o3)cs2)cc1.[Br-]. The molecule has 2 aromatic heterocycles. The molecule has 138 valence electrons. The van der Waals surface area contributed by atoms with Gasteiger partial charge in [0, 0.05) is 28.1 Å². The largest absolute Gasteiger partial charge is 1.00 e. The molecule has 8 heteroatoms. The first-order valence-corrected chi connectivity index (χ1v) is 9.33. The maximum atomic E-state index is 13.0. The zero-order chi connectivity index (χ0) is 18.1. The standard InChI is InChI=1S/C19H11Cl2FN2OS.BrH/c20-11-1-6-15(21)14(9-11)17-7-8-18(25-17)16-10-26-19(24-16)23-13-4-2-12(22)3-5-13;/h1-10H,(H,23,24);1H. The van der Waals surface area contributed by atoms with Gasteiger partial charge in [0.15, 0.2) is 5.76 Å². The number of benzene rings is 2. The van der Waals surface area contributed by atoms with Gasteiger partial charge >= 0.3 is 0 Å². The summed E-state index contributed by atoms with van der Waals surface area (Å²) >= 11 is 13.8. The van der Waals surface area contributed by atoms with Crippen molar-refractivity contribution in [1.29, 1.82) is 0 Å². The number of nitrogens with zero attached hydrogens (tertiary/aromatic N) is 1. The van der Waals surface area contributed by atoms with Gasteiger partial charge in [0.2, 0.25) is 0 Å². The summed E-state index contributed by atoms with van der Waals surface area (Å²) in [5.74, 6) is 1.01. The van der Waals surface area contributed by atoms with Gasteiger partial charge in [-0.25, -0.2) is 4.39 Å². The van der Waals surface area contributed by atoms with Gasteiger partial charge in [-0.3, -0.25) is 5.32 Å². The van der Waals surface area contributed by atoms with Crippen molar-refractivity contribution in [2.75, 3.05) is 0 Å². The van der Waals surface area contributed by atoms with E-state index >= 15 is 0 Å². The van der Waals surface area contributed by atoms with Crippen molar-refractivity contribution in [2.45, 2.75) is 0 Å². The van der Waals surface area contributed by atoms with E-state index in [4.69, 9.17) is 27.6 Å². The van der Waals surface area contributed by atoms with Gasteiger partial charge in [0.05, 0.1) is 5.02 Å². The number of nitrogens with two attached hydrogens (primary N) is 1. The van der Waals surface area contributed by atoms with Crippen LogP contribution >= 0.6 is 34.5 Å². The topological polar surface area (TPSA) is 42.6 Å². The quantitative estimate of drug-likeness (QED) is 0.451. The first-order chi connectivity index (χ1) is 12.6. The van der Waals surface area contributed by atoms with E-state index in [1.165, 1.54) is 23.5 Å². The van der Waals surface area contributed by atoms with Crippen molar-refractivity contribution in [2.24, 2.45) is 0 Å². The highest BCUT2D eigenvalue weighted by atomic mass is 79.9. The second-order valence-electron chi connectivity index (χ2n) is 5.55. The Labute approximate surface area is 179 Å². The number of thiazole rings is 1. The molecular formula is C19H12BrCl2FN2OS. The predicted octanol–water partition coefficient (Wildman–Crippen LogP) is 3.05. The molecule has 4 aromatic rings. The minimum absolute atomic E-state index is 0. The summed E-state index contributed by atoms with van der Waals surface area (Å²) in [4.78, 5) is 4.56. The Bertz CT molecular complexity index is 1070. The molecule has 0 fully saturated rings. The van der Waals surface area contributed by atoms with Gasteiger partial charge in [-0.05, 0) is 42.5 Å². The lowest BCUT2D eigenvalue weighted by atomic mass is 10.2. The molecule has 4 rings (SSSR count). The summed E-state index contributed by atoms with van der Waals surface area (Å²) in [6.07, 6.45) is 0. The minimum Gasteiger partial charge on any atom is -1.00 e. The van der Waals surface area contributed by atoms with E-state index in [0.29, 0.717) is 21.6 Å². The van der Waals surface area contributed by atoms with Gasteiger partial charge in [0.25, 0.3) is 5.13 Å². The fourth-order valence-electron chi connectivity index (χ4n) is 2.48. The Morgan fingerprint density at radius 3 is 2.48 bits per heavy atom. The zero-order valence-corrected chi connectivity index (χ0v) is 17.5. The average Bonchev–Trinajstić information content (AvgIpc) is 3.28. The Morgan fingerprint density at radius 1 is 0.963 bits per heavy atom. The molecule has 0 spiro atoms. The fourth-order valence-corrected chi connectivity index (χ4v) is 3.61. The van der Waals surface area contributed by atoms with Crippen LogP contribution in [0.25, 0.3) is 22.8 Å². The molecule has 0 aliphatic rings. The van der Waals surface area contributed by atoms with E-state index in [1.54, 1.807) is 30.3 Å². The average molecular weight is 486 g/mol. The van der Waals surface area contributed by atoms with Gasteiger partial charge in [0.1, 0.15) is 23.0 Å². The van der Waals surface area contributed by atoms with Crippen molar-refractivity contribution >= 4 is 45.4 Å². The Balaban J connectivity index is 0.00000210. The van der Waals surface area contributed by atoms with Crippen molar-refractivity contribution in [3.63, 3.8) is 0 Å². The third-order valence-corrected chi connectivity index (χ3v) is 5.09.